The predicted molar refractivity (Wildman–Crippen MR) is 84.6 cm³/mol. The molecule has 3 nitrogen and oxygen atoms in total. The number of carbonyl (C=O) groups is 1. The maximum absolute atomic E-state index is 12.1. The molecule has 0 aliphatic heterocycles. The molecule has 2 N–H and O–H groups in total. The fraction of sp³-hybridized carbons (Fsp3) is 0. The van der Waals surface area contributed by atoms with E-state index in [4.69, 9.17) is 12.3 Å². The highest BCUT2D eigenvalue weighted by molar-refractivity contribution is 9.10. The lowest BCUT2D eigenvalue weighted by molar-refractivity contribution is 0.104. The van der Waals surface area contributed by atoms with E-state index in [2.05, 4.69) is 20.8 Å². The number of nitrogen functional groups attached to an aromatic ring is 1. The van der Waals surface area contributed by atoms with Gasteiger partial charge in [-0.25, -0.2) is 4.85 Å². The van der Waals surface area contributed by atoms with Crippen molar-refractivity contribution < 1.29 is 4.79 Å². The maximum Gasteiger partial charge on any atom is 0.187 e. The Labute approximate surface area is 125 Å². The molecule has 0 unspecified atom stereocenters. The van der Waals surface area contributed by atoms with Crippen LogP contribution in [0.15, 0.2) is 53.0 Å². The zero-order valence-corrected chi connectivity index (χ0v) is 12.1. The van der Waals surface area contributed by atoms with Crippen molar-refractivity contribution in [1.82, 2.24) is 0 Å². The van der Waals surface area contributed by atoms with Crippen molar-refractivity contribution in [3.05, 3.63) is 75.6 Å². The second-order valence-electron chi connectivity index (χ2n) is 4.13. The number of allylic oxidation sites excluding steroid dienone is 1. The molecular weight excluding hydrogens is 316 g/mol. The van der Waals surface area contributed by atoms with Gasteiger partial charge in [-0.15, -0.1) is 0 Å². The van der Waals surface area contributed by atoms with Crippen LogP contribution in [-0.4, -0.2) is 5.78 Å². The van der Waals surface area contributed by atoms with E-state index in [1.54, 1.807) is 48.5 Å². The van der Waals surface area contributed by atoms with Crippen molar-refractivity contribution >= 4 is 39.2 Å². The smallest absolute Gasteiger partial charge is 0.187 e. The molecule has 4 heteroatoms. The highest BCUT2D eigenvalue weighted by Crippen LogP contribution is 2.20. The van der Waals surface area contributed by atoms with Crippen LogP contribution in [-0.2, 0) is 0 Å². The number of ketones is 1. The Kier molecular flexibility index (Phi) is 4.34. The molecule has 2 aromatic carbocycles. The van der Waals surface area contributed by atoms with Crippen LogP contribution in [0.4, 0.5) is 11.4 Å². The number of nitrogens with zero attached hydrogens (tertiary/aromatic N) is 1. The van der Waals surface area contributed by atoms with E-state index in [0.717, 1.165) is 10.0 Å². The van der Waals surface area contributed by atoms with E-state index in [1.165, 1.54) is 6.08 Å². The van der Waals surface area contributed by atoms with Crippen molar-refractivity contribution in [1.29, 1.82) is 0 Å². The third kappa shape index (κ3) is 3.34. The van der Waals surface area contributed by atoms with Gasteiger partial charge in [0.2, 0.25) is 0 Å². The number of rotatable bonds is 3. The average Bonchev–Trinajstić information content (AvgIpc) is 2.47. The summed E-state index contributed by atoms with van der Waals surface area (Å²) in [5, 5.41) is 0. The molecule has 0 saturated heterocycles. The first-order valence-electron chi connectivity index (χ1n) is 5.85. The molecule has 98 valence electrons. The third-order valence-corrected chi connectivity index (χ3v) is 3.22. The third-order valence-electron chi connectivity index (χ3n) is 2.73. The number of carbonyl (C=O) groups excluding carboxylic acids is 1. The summed E-state index contributed by atoms with van der Waals surface area (Å²) in [6.45, 7) is 6.87. The van der Waals surface area contributed by atoms with Crippen molar-refractivity contribution in [2.45, 2.75) is 0 Å². The predicted octanol–water partition coefficient (Wildman–Crippen LogP) is 4.48. The average molecular weight is 327 g/mol. The fourth-order valence-electron chi connectivity index (χ4n) is 1.66. The Morgan fingerprint density at radius 2 is 1.90 bits per heavy atom. The van der Waals surface area contributed by atoms with Gasteiger partial charge >= 0.3 is 0 Å². The zero-order valence-electron chi connectivity index (χ0n) is 10.5. The molecule has 0 radical (unpaired) electrons. The summed E-state index contributed by atoms with van der Waals surface area (Å²) >= 11 is 3.32. The lowest BCUT2D eigenvalue weighted by Gasteiger charge is -2.02. The van der Waals surface area contributed by atoms with E-state index in [0.29, 0.717) is 16.9 Å². The van der Waals surface area contributed by atoms with Gasteiger partial charge in [-0.3, -0.25) is 4.79 Å². The molecule has 0 amide bonds. The molecule has 20 heavy (non-hydrogen) atoms. The molecule has 0 aliphatic carbocycles. The van der Waals surface area contributed by atoms with Gasteiger partial charge < -0.3 is 5.73 Å². The largest absolute Gasteiger partial charge is 0.398 e. The van der Waals surface area contributed by atoms with Crippen LogP contribution in [0, 0.1) is 6.57 Å². The first-order chi connectivity index (χ1) is 9.60. The Bertz CT molecular complexity index is 712. The second-order valence-corrected chi connectivity index (χ2v) is 5.05. The Hall–Kier alpha value is -2.38. The normalized spacial score (nSPS) is 10.4. The molecule has 0 heterocycles. The molecule has 2 aromatic rings. The Balaban J connectivity index is 2.20. The minimum atomic E-state index is -0.155. The first kappa shape index (κ1) is 14.0. The summed E-state index contributed by atoms with van der Waals surface area (Å²) < 4.78 is 0.810. The molecular formula is C16H11BrN2O. The highest BCUT2D eigenvalue weighted by Gasteiger charge is 2.06. The van der Waals surface area contributed by atoms with Crippen LogP contribution in [0.2, 0.25) is 0 Å². The lowest BCUT2D eigenvalue weighted by Crippen LogP contribution is -2.00. The quantitative estimate of drug-likeness (QED) is 0.391. The Morgan fingerprint density at radius 3 is 2.55 bits per heavy atom. The summed E-state index contributed by atoms with van der Waals surface area (Å²) in [4.78, 5) is 15.4. The van der Waals surface area contributed by atoms with Crippen molar-refractivity contribution in [3.8, 4) is 0 Å². The van der Waals surface area contributed by atoms with Gasteiger partial charge in [0.15, 0.2) is 11.5 Å². The SMILES string of the molecule is [C-]#[N+]c1ccc(/C=C/C(=O)c2cc(Br)ccc2N)cc1. The summed E-state index contributed by atoms with van der Waals surface area (Å²) in [6, 6.07) is 12.2. The minimum absolute atomic E-state index is 0.155. The van der Waals surface area contributed by atoms with Gasteiger partial charge in [0.1, 0.15) is 0 Å². The van der Waals surface area contributed by atoms with Crippen LogP contribution in [0.3, 0.4) is 0 Å². The van der Waals surface area contributed by atoms with Crippen molar-refractivity contribution in [3.63, 3.8) is 0 Å². The van der Waals surface area contributed by atoms with Crippen LogP contribution in [0.1, 0.15) is 15.9 Å². The number of halogens is 1. The molecule has 0 fully saturated rings. The van der Waals surface area contributed by atoms with Gasteiger partial charge in [0.05, 0.1) is 6.57 Å². The maximum atomic E-state index is 12.1. The van der Waals surface area contributed by atoms with E-state index in [1.807, 2.05) is 0 Å². The monoisotopic (exact) mass is 326 g/mol. The number of hydrogen-bond acceptors (Lipinski definition) is 2. The van der Waals surface area contributed by atoms with Gasteiger partial charge in [0, 0.05) is 15.7 Å². The summed E-state index contributed by atoms with van der Waals surface area (Å²) in [5.74, 6) is -0.155. The molecule has 0 aromatic heterocycles. The molecule has 0 bridgehead atoms. The fourth-order valence-corrected chi connectivity index (χ4v) is 2.02. The summed E-state index contributed by atoms with van der Waals surface area (Å²) in [7, 11) is 0. The molecule has 0 aliphatic rings. The van der Waals surface area contributed by atoms with E-state index >= 15 is 0 Å². The standard InChI is InChI=1S/C16H11BrN2O/c1-19-13-6-2-11(3-7-13)4-9-16(20)14-10-12(17)5-8-15(14)18/h2-10H,18H2/b9-4+. The van der Waals surface area contributed by atoms with E-state index in [9.17, 15) is 4.79 Å². The highest BCUT2D eigenvalue weighted by atomic mass is 79.9. The van der Waals surface area contributed by atoms with Crippen LogP contribution in [0.5, 0.6) is 0 Å². The van der Waals surface area contributed by atoms with Crippen molar-refractivity contribution in [2.24, 2.45) is 0 Å². The van der Waals surface area contributed by atoms with Gasteiger partial charge in [-0.2, -0.15) is 0 Å². The van der Waals surface area contributed by atoms with Gasteiger partial charge in [-0.1, -0.05) is 46.3 Å². The number of anilines is 1. The number of hydrogen-bond donors (Lipinski definition) is 1. The van der Waals surface area contributed by atoms with Gasteiger partial charge in [0.25, 0.3) is 0 Å². The molecule has 0 spiro atoms. The first-order valence-corrected chi connectivity index (χ1v) is 6.64. The van der Waals surface area contributed by atoms with E-state index < -0.39 is 0 Å². The van der Waals surface area contributed by atoms with Gasteiger partial charge in [-0.05, 0) is 29.8 Å². The lowest BCUT2D eigenvalue weighted by atomic mass is 10.1. The van der Waals surface area contributed by atoms with Crippen molar-refractivity contribution in [2.75, 3.05) is 5.73 Å². The second kappa shape index (κ2) is 6.18. The zero-order chi connectivity index (χ0) is 14.5. The summed E-state index contributed by atoms with van der Waals surface area (Å²) in [5.41, 5.74) is 8.14. The number of benzene rings is 2. The topological polar surface area (TPSA) is 47.5 Å². The molecule has 2 rings (SSSR count). The number of nitrogens with two attached hydrogens (primary N) is 1. The Morgan fingerprint density at radius 1 is 1.20 bits per heavy atom. The van der Waals surface area contributed by atoms with Crippen LogP contribution in [0.25, 0.3) is 10.9 Å². The summed E-state index contributed by atoms with van der Waals surface area (Å²) in [6.07, 6.45) is 3.18. The molecule has 0 atom stereocenters. The van der Waals surface area contributed by atoms with E-state index in [-0.39, 0.29) is 5.78 Å². The minimum Gasteiger partial charge on any atom is -0.398 e. The van der Waals surface area contributed by atoms with Crippen LogP contribution < -0.4 is 5.73 Å². The molecule has 0 saturated carbocycles. The van der Waals surface area contributed by atoms with Crippen LogP contribution >= 0.6 is 15.9 Å².